The molecule has 23 heavy (non-hydrogen) atoms. The van der Waals surface area contributed by atoms with Crippen LogP contribution in [0.2, 0.25) is 0 Å². The van der Waals surface area contributed by atoms with Crippen LogP contribution in [0.3, 0.4) is 0 Å². The molecule has 0 aromatic carbocycles. The average molecular weight is 326 g/mol. The van der Waals surface area contributed by atoms with E-state index in [9.17, 15) is 14.4 Å². The van der Waals surface area contributed by atoms with Gasteiger partial charge in [-0.2, -0.15) is 0 Å². The summed E-state index contributed by atoms with van der Waals surface area (Å²) in [6.07, 6.45) is 6.11. The lowest BCUT2D eigenvalue weighted by molar-refractivity contribution is -0.139. The Morgan fingerprint density at radius 2 is 1.74 bits per heavy atom. The third kappa shape index (κ3) is 7.01. The summed E-state index contributed by atoms with van der Waals surface area (Å²) in [7, 11) is 0. The fourth-order valence-corrected chi connectivity index (χ4v) is 2.97. The number of amides is 2. The number of carbonyl (C=O) groups excluding carboxylic acids is 2. The maximum atomic E-state index is 12.0. The molecule has 132 valence electrons. The molecule has 0 aromatic rings. The third-order valence-corrected chi connectivity index (χ3v) is 4.86. The van der Waals surface area contributed by atoms with Crippen LogP contribution in [-0.2, 0) is 14.4 Å². The van der Waals surface area contributed by atoms with Gasteiger partial charge in [-0.3, -0.25) is 14.4 Å². The molecule has 2 amide bonds. The van der Waals surface area contributed by atoms with Gasteiger partial charge in [-0.05, 0) is 31.6 Å². The molecule has 1 fully saturated rings. The van der Waals surface area contributed by atoms with Crippen molar-refractivity contribution in [3.05, 3.63) is 0 Å². The van der Waals surface area contributed by atoms with Crippen molar-refractivity contribution >= 4 is 17.8 Å². The summed E-state index contributed by atoms with van der Waals surface area (Å²) in [6, 6.07) is 0. The van der Waals surface area contributed by atoms with Crippen molar-refractivity contribution in [1.29, 1.82) is 0 Å². The van der Waals surface area contributed by atoms with Gasteiger partial charge in [0.15, 0.2) is 0 Å². The molecule has 6 nitrogen and oxygen atoms in total. The SMILES string of the molecule is CC(C)C(C)(CC(=O)O)NC(=O)CNC(=O)CC1CCCCC1. The highest BCUT2D eigenvalue weighted by molar-refractivity contribution is 5.85. The molecule has 0 bridgehead atoms. The number of hydrogen-bond donors (Lipinski definition) is 3. The van der Waals surface area contributed by atoms with E-state index in [1.807, 2.05) is 13.8 Å². The number of carboxylic acids is 1. The summed E-state index contributed by atoms with van der Waals surface area (Å²) in [5.74, 6) is -1.00. The second-order valence-electron chi connectivity index (χ2n) is 7.18. The third-order valence-electron chi connectivity index (χ3n) is 4.86. The second kappa shape index (κ2) is 8.89. The van der Waals surface area contributed by atoms with E-state index >= 15 is 0 Å². The van der Waals surface area contributed by atoms with Gasteiger partial charge in [0.1, 0.15) is 0 Å². The first-order chi connectivity index (χ1) is 10.7. The normalized spacial score (nSPS) is 18.3. The van der Waals surface area contributed by atoms with E-state index in [1.54, 1.807) is 6.92 Å². The fourth-order valence-electron chi connectivity index (χ4n) is 2.97. The molecule has 1 aliphatic carbocycles. The van der Waals surface area contributed by atoms with E-state index in [2.05, 4.69) is 10.6 Å². The van der Waals surface area contributed by atoms with E-state index in [0.29, 0.717) is 12.3 Å². The van der Waals surface area contributed by atoms with Crippen molar-refractivity contribution in [3.63, 3.8) is 0 Å². The van der Waals surface area contributed by atoms with Crippen molar-refractivity contribution in [2.24, 2.45) is 11.8 Å². The van der Waals surface area contributed by atoms with Gasteiger partial charge in [-0.1, -0.05) is 33.1 Å². The highest BCUT2D eigenvalue weighted by atomic mass is 16.4. The van der Waals surface area contributed by atoms with Crippen molar-refractivity contribution in [1.82, 2.24) is 10.6 Å². The van der Waals surface area contributed by atoms with E-state index in [0.717, 1.165) is 12.8 Å². The lowest BCUT2D eigenvalue weighted by Gasteiger charge is -2.33. The van der Waals surface area contributed by atoms with Gasteiger partial charge in [0, 0.05) is 6.42 Å². The molecule has 0 spiro atoms. The van der Waals surface area contributed by atoms with E-state index < -0.39 is 11.5 Å². The highest BCUT2D eigenvalue weighted by Gasteiger charge is 2.32. The minimum absolute atomic E-state index is 0.0273. The molecular formula is C17H30N2O4. The number of carboxylic acid groups (broad SMARTS) is 1. The van der Waals surface area contributed by atoms with E-state index in [1.165, 1.54) is 19.3 Å². The van der Waals surface area contributed by atoms with Crippen molar-refractivity contribution in [2.45, 2.75) is 71.3 Å². The first kappa shape index (κ1) is 19.5. The average Bonchev–Trinajstić information content (AvgIpc) is 2.45. The Morgan fingerprint density at radius 1 is 1.13 bits per heavy atom. The fraction of sp³-hybridized carbons (Fsp3) is 0.824. The molecule has 1 saturated carbocycles. The molecule has 0 aliphatic heterocycles. The zero-order chi connectivity index (χ0) is 17.5. The highest BCUT2D eigenvalue weighted by Crippen LogP contribution is 2.26. The second-order valence-corrected chi connectivity index (χ2v) is 7.18. The van der Waals surface area contributed by atoms with Crippen LogP contribution in [-0.4, -0.2) is 35.0 Å². The lowest BCUT2D eigenvalue weighted by atomic mass is 9.85. The molecule has 3 N–H and O–H groups in total. The molecule has 1 unspecified atom stereocenters. The molecule has 0 heterocycles. The maximum absolute atomic E-state index is 12.0. The summed E-state index contributed by atoms with van der Waals surface area (Å²) in [5, 5.41) is 14.4. The van der Waals surface area contributed by atoms with Crippen molar-refractivity contribution in [3.8, 4) is 0 Å². The summed E-state index contributed by atoms with van der Waals surface area (Å²) < 4.78 is 0. The molecule has 1 aliphatic rings. The molecule has 0 saturated heterocycles. The molecule has 0 aromatic heterocycles. The van der Waals surface area contributed by atoms with Gasteiger partial charge < -0.3 is 15.7 Å². The molecule has 1 rings (SSSR count). The van der Waals surface area contributed by atoms with Crippen LogP contribution >= 0.6 is 0 Å². The molecule has 0 radical (unpaired) electrons. The minimum Gasteiger partial charge on any atom is -0.481 e. The minimum atomic E-state index is -0.956. The van der Waals surface area contributed by atoms with Crippen LogP contribution in [0.4, 0.5) is 0 Å². The lowest BCUT2D eigenvalue weighted by Crippen LogP contribution is -2.53. The number of carbonyl (C=O) groups is 3. The van der Waals surface area contributed by atoms with Gasteiger partial charge >= 0.3 is 5.97 Å². The van der Waals surface area contributed by atoms with Gasteiger partial charge in [0.25, 0.3) is 0 Å². The van der Waals surface area contributed by atoms with Gasteiger partial charge in [0.2, 0.25) is 11.8 Å². The quantitative estimate of drug-likeness (QED) is 0.636. The first-order valence-electron chi connectivity index (χ1n) is 8.52. The summed E-state index contributed by atoms with van der Waals surface area (Å²) in [5.41, 5.74) is -0.822. The predicted octanol–water partition coefficient (Wildman–Crippen LogP) is 2.08. The van der Waals surface area contributed by atoms with Crippen LogP contribution in [0.5, 0.6) is 0 Å². The molecule has 6 heteroatoms. The van der Waals surface area contributed by atoms with Crippen molar-refractivity contribution in [2.75, 3.05) is 6.54 Å². The van der Waals surface area contributed by atoms with Crippen LogP contribution in [0.1, 0.15) is 65.7 Å². The smallest absolute Gasteiger partial charge is 0.305 e. The summed E-state index contributed by atoms with van der Waals surface area (Å²) in [4.78, 5) is 34.9. The Hall–Kier alpha value is -1.59. The Labute approximate surface area is 138 Å². The maximum Gasteiger partial charge on any atom is 0.305 e. The zero-order valence-corrected chi connectivity index (χ0v) is 14.5. The monoisotopic (exact) mass is 326 g/mol. The predicted molar refractivity (Wildman–Crippen MR) is 87.8 cm³/mol. The van der Waals surface area contributed by atoms with E-state index in [4.69, 9.17) is 5.11 Å². The Morgan fingerprint density at radius 3 is 2.26 bits per heavy atom. The zero-order valence-electron chi connectivity index (χ0n) is 14.5. The molecular weight excluding hydrogens is 296 g/mol. The number of hydrogen-bond acceptors (Lipinski definition) is 3. The van der Waals surface area contributed by atoms with Gasteiger partial charge in [0.05, 0.1) is 18.5 Å². The van der Waals surface area contributed by atoms with E-state index in [-0.39, 0.29) is 30.7 Å². The molecule has 1 atom stereocenters. The van der Waals surface area contributed by atoms with Crippen LogP contribution in [0.15, 0.2) is 0 Å². The number of nitrogens with one attached hydrogen (secondary N) is 2. The van der Waals surface area contributed by atoms with Crippen LogP contribution < -0.4 is 10.6 Å². The number of aliphatic carboxylic acids is 1. The Bertz CT molecular complexity index is 430. The standard InChI is InChI=1S/C17H30N2O4/c1-12(2)17(3,10-16(22)23)19-15(21)11-18-14(20)9-13-7-5-4-6-8-13/h12-13H,4-11H2,1-3H3,(H,18,20)(H,19,21)(H,22,23). The van der Waals surface area contributed by atoms with Crippen LogP contribution in [0, 0.1) is 11.8 Å². The number of rotatable bonds is 8. The van der Waals surface area contributed by atoms with Crippen molar-refractivity contribution < 1.29 is 19.5 Å². The van der Waals surface area contributed by atoms with Crippen LogP contribution in [0.25, 0.3) is 0 Å². The topological polar surface area (TPSA) is 95.5 Å². The first-order valence-corrected chi connectivity index (χ1v) is 8.52. The van der Waals surface area contributed by atoms with Gasteiger partial charge in [-0.25, -0.2) is 0 Å². The largest absolute Gasteiger partial charge is 0.481 e. The van der Waals surface area contributed by atoms with Gasteiger partial charge in [-0.15, -0.1) is 0 Å². The summed E-state index contributed by atoms with van der Waals surface area (Å²) >= 11 is 0. The Kier molecular flexibility index (Phi) is 7.52. The summed E-state index contributed by atoms with van der Waals surface area (Å²) in [6.45, 7) is 5.34. The Balaban J connectivity index is 2.39.